The number of anilines is 1. The molecule has 0 spiro atoms. The van der Waals surface area contributed by atoms with Crippen molar-refractivity contribution in [2.75, 3.05) is 5.43 Å². The van der Waals surface area contributed by atoms with Crippen molar-refractivity contribution in [2.24, 2.45) is 0 Å². The zero-order chi connectivity index (χ0) is 17.8. The van der Waals surface area contributed by atoms with Crippen molar-refractivity contribution in [3.05, 3.63) is 90.3 Å². The highest BCUT2D eigenvalue weighted by Crippen LogP contribution is 2.24. The number of hydrogen-bond donors (Lipinski definition) is 2. The number of nitrogens with one attached hydrogen (secondary N) is 2. The van der Waals surface area contributed by atoms with E-state index in [2.05, 4.69) is 26.1 Å². The van der Waals surface area contributed by atoms with Crippen LogP contribution in [0, 0.1) is 0 Å². The molecular weight excluding hydrogens is 328 g/mol. The molecule has 26 heavy (non-hydrogen) atoms. The van der Waals surface area contributed by atoms with E-state index >= 15 is 0 Å². The fourth-order valence-electron chi connectivity index (χ4n) is 2.78. The Morgan fingerprint density at radius 3 is 2.19 bits per heavy atom. The number of carbonyl (C=O) groups excluding carboxylic acids is 1. The molecule has 2 aromatic carbocycles. The second kappa shape index (κ2) is 7.02. The van der Waals surface area contributed by atoms with Crippen LogP contribution in [0.2, 0.25) is 0 Å². The van der Waals surface area contributed by atoms with Gasteiger partial charge in [0, 0.05) is 0 Å². The topological polar surface area (TPSA) is 84.2 Å². The number of hydrazine groups is 1. The van der Waals surface area contributed by atoms with Crippen molar-refractivity contribution in [3.63, 3.8) is 0 Å². The Kier molecular flexibility index (Phi) is 4.26. The summed E-state index contributed by atoms with van der Waals surface area (Å²) in [6.07, 6.45) is 1.50. The molecule has 0 aliphatic rings. The maximum Gasteiger partial charge on any atom is 0.250 e. The third kappa shape index (κ3) is 3.23. The highest BCUT2D eigenvalue weighted by atomic mass is 16.2. The van der Waals surface area contributed by atoms with Crippen LogP contribution in [-0.4, -0.2) is 25.7 Å². The van der Waals surface area contributed by atoms with Crippen molar-refractivity contribution in [2.45, 2.75) is 5.92 Å². The van der Waals surface area contributed by atoms with Gasteiger partial charge < -0.3 is 0 Å². The third-order valence-electron chi connectivity index (χ3n) is 4.00. The lowest BCUT2D eigenvalue weighted by Crippen LogP contribution is -2.35. The molecule has 0 unspecified atom stereocenters. The Morgan fingerprint density at radius 2 is 1.54 bits per heavy atom. The van der Waals surface area contributed by atoms with Crippen LogP contribution in [0.15, 0.2) is 79.1 Å². The summed E-state index contributed by atoms with van der Waals surface area (Å²) in [5.74, 6) is -0.109. The highest BCUT2D eigenvalue weighted by molar-refractivity contribution is 5.87. The van der Waals surface area contributed by atoms with E-state index in [1.54, 1.807) is 12.1 Å². The number of amides is 1. The van der Waals surface area contributed by atoms with Gasteiger partial charge in [0.2, 0.25) is 5.91 Å². The summed E-state index contributed by atoms with van der Waals surface area (Å²) in [4.78, 5) is 12.9. The number of rotatable bonds is 5. The van der Waals surface area contributed by atoms with E-state index in [4.69, 9.17) is 0 Å². The first-order valence-corrected chi connectivity index (χ1v) is 8.14. The summed E-state index contributed by atoms with van der Waals surface area (Å²) in [5.41, 5.74) is 8.07. The van der Waals surface area contributed by atoms with E-state index in [-0.39, 0.29) is 5.91 Å². The monoisotopic (exact) mass is 344 g/mol. The molecule has 2 aromatic heterocycles. The largest absolute Gasteiger partial charge is 0.280 e. The maximum atomic E-state index is 12.9. The zero-order valence-electron chi connectivity index (χ0n) is 13.8. The van der Waals surface area contributed by atoms with Gasteiger partial charge in [-0.2, -0.15) is 4.52 Å². The summed E-state index contributed by atoms with van der Waals surface area (Å²) in [7, 11) is 0. The predicted octanol–water partition coefficient (Wildman–Crippen LogP) is 2.40. The molecule has 7 nitrogen and oxygen atoms in total. The zero-order valence-corrected chi connectivity index (χ0v) is 13.8. The lowest BCUT2D eigenvalue weighted by molar-refractivity contribution is -0.121. The fraction of sp³-hybridized carbons (Fsp3) is 0.0526. The van der Waals surface area contributed by atoms with Crippen LogP contribution in [0.4, 0.5) is 5.82 Å². The van der Waals surface area contributed by atoms with Crippen molar-refractivity contribution in [3.8, 4) is 0 Å². The average molecular weight is 344 g/mol. The van der Waals surface area contributed by atoms with Crippen LogP contribution < -0.4 is 10.9 Å². The molecular formula is C19H16N6O. The molecule has 2 N–H and O–H groups in total. The Hall–Kier alpha value is -3.74. The number of hydrogen-bond acceptors (Lipinski definition) is 5. The summed E-state index contributed by atoms with van der Waals surface area (Å²) < 4.78 is 1.53. The molecule has 7 heteroatoms. The Bertz CT molecular complexity index is 976. The molecule has 0 aliphatic heterocycles. The smallest absolute Gasteiger partial charge is 0.250 e. The van der Waals surface area contributed by atoms with Gasteiger partial charge in [0.05, 0.1) is 5.92 Å². The van der Waals surface area contributed by atoms with Gasteiger partial charge in [0.15, 0.2) is 11.5 Å². The second-order valence-electron chi connectivity index (χ2n) is 5.72. The quantitative estimate of drug-likeness (QED) is 0.543. The Labute approximate surface area is 149 Å². The van der Waals surface area contributed by atoms with Crippen LogP contribution in [0.1, 0.15) is 17.0 Å². The van der Waals surface area contributed by atoms with E-state index < -0.39 is 5.92 Å². The molecule has 4 aromatic rings. The summed E-state index contributed by atoms with van der Waals surface area (Å²) >= 11 is 0. The molecule has 0 atom stereocenters. The molecule has 1 amide bonds. The van der Waals surface area contributed by atoms with Gasteiger partial charge in [0.1, 0.15) is 6.33 Å². The standard InChI is InChI=1S/C19H16N6O/c26-19(23-21-16-11-12-17-22-20-13-25(17)24-16)18(14-7-3-1-4-8-14)15-9-5-2-6-10-15/h1-13,18H,(H,21,24)(H,23,26). The summed E-state index contributed by atoms with van der Waals surface area (Å²) in [6, 6.07) is 22.8. The second-order valence-corrected chi connectivity index (χ2v) is 5.72. The Balaban J connectivity index is 1.56. The van der Waals surface area contributed by atoms with E-state index in [9.17, 15) is 4.79 Å². The minimum Gasteiger partial charge on any atom is -0.280 e. The molecule has 0 fully saturated rings. The predicted molar refractivity (Wildman–Crippen MR) is 97.3 cm³/mol. The molecule has 2 heterocycles. The Morgan fingerprint density at radius 1 is 0.885 bits per heavy atom. The summed E-state index contributed by atoms with van der Waals surface area (Å²) in [5, 5.41) is 12.0. The minimum atomic E-state index is -0.427. The number of fused-ring (bicyclic) bond motifs is 1. The van der Waals surface area contributed by atoms with Gasteiger partial charge in [-0.1, -0.05) is 60.7 Å². The van der Waals surface area contributed by atoms with Crippen LogP contribution in [0.25, 0.3) is 5.65 Å². The highest BCUT2D eigenvalue weighted by Gasteiger charge is 2.22. The van der Waals surface area contributed by atoms with Crippen molar-refractivity contribution >= 4 is 17.4 Å². The molecule has 0 radical (unpaired) electrons. The summed E-state index contributed by atoms with van der Waals surface area (Å²) in [6.45, 7) is 0. The number of nitrogens with zero attached hydrogens (tertiary/aromatic N) is 4. The minimum absolute atomic E-state index is 0.173. The lowest BCUT2D eigenvalue weighted by Gasteiger charge is -2.18. The van der Waals surface area contributed by atoms with E-state index in [1.807, 2.05) is 60.7 Å². The molecule has 4 rings (SSSR count). The van der Waals surface area contributed by atoms with E-state index in [0.717, 1.165) is 11.1 Å². The lowest BCUT2D eigenvalue weighted by atomic mass is 9.91. The van der Waals surface area contributed by atoms with E-state index in [1.165, 1.54) is 10.8 Å². The van der Waals surface area contributed by atoms with Gasteiger partial charge in [-0.3, -0.25) is 15.6 Å². The van der Waals surface area contributed by atoms with Crippen molar-refractivity contribution in [1.82, 2.24) is 25.2 Å². The maximum absolute atomic E-state index is 12.9. The van der Waals surface area contributed by atoms with Crippen molar-refractivity contribution < 1.29 is 4.79 Å². The first kappa shape index (κ1) is 15.8. The normalized spacial score (nSPS) is 10.8. The average Bonchev–Trinajstić information content (AvgIpc) is 3.16. The first-order chi connectivity index (χ1) is 12.8. The van der Waals surface area contributed by atoms with E-state index in [0.29, 0.717) is 11.5 Å². The van der Waals surface area contributed by atoms with Gasteiger partial charge in [0.25, 0.3) is 0 Å². The molecule has 128 valence electrons. The number of aromatic nitrogens is 4. The van der Waals surface area contributed by atoms with Crippen LogP contribution in [0.5, 0.6) is 0 Å². The third-order valence-corrected chi connectivity index (χ3v) is 4.00. The molecule has 0 saturated heterocycles. The van der Waals surface area contributed by atoms with Crippen LogP contribution in [0.3, 0.4) is 0 Å². The SMILES string of the molecule is O=C(NNc1ccc2nncn2n1)C(c1ccccc1)c1ccccc1. The van der Waals surface area contributed by atoms with Crippen molar-refractivity contribution in [1.29, 1.82) is 0 Å². The first-order valence-electron chi connectivity index (χ1n) is 8.14. The molecule has 0 bridgehead atoms. The van der Waals surface area contributed by atoms with Gasteiger partial charge in [-0.05, 0) is 23.3 Å². The van der Waals surface area contributed by atoms with Gasteiger partial charge in [-0.25, -0.2) is 0 Å². The van der Waals surface area contributed by atoms with Gasteiger partial charge in [-0.15, -0.1) is 15.3 Å². The fourth-order valence-corrected chi connectivity index (χ4v) is 2.78. The van der Waals surface area contributed by atoms with Crippen LogP contribution >= 0.6 is 0 Å². The van der Waals surface area contributed by atoms with Crippen LogP contribution in [-0.2, 0) is 4.79 Å². The molecule has 0 aliphatic carbocycles. The molecule has 0 saturated carbocycles. The number of carbonyl (C=O) groups is 1. The van der Waals surface area contributed by atoms with Gasteiger partial charge >= 0.3 is 0 Å². The number of benzene rings is 2.